The van der Waals surface area contributed by atoms with E-state index in [1.807, 2.05) is 24.3 Å². The molecule has 1 aliphatic rings. The smallest absolute Gasteiger partial charge is 0.314 e. The molecule has 0 amide bonds. The van der Waals surface area contributed by atoms with Crippen molar-refractivity contribution in [1.82, 2.24) is 0 Å². The SMILES string of the molecule is COc1ccc(C2CC(=O)OC(=O)C2)cc1. The largest absolute Gasteiger partial charge is 0.497 e. The summed E-state index contributed by atoms with van der Waals surface area (Å²) in [6, 6.07) is 7.38. The Morgan fingerprint density at radius 2 is 1.69 bits per heavy atom. The highest BCUT2D eigenvalue weighted by molar-refractivity contribution is 5.89. The fourth-order valence-corrected chi connectivity index (χ4v) is 1.80. The van der Waals surface area contributed by atoms with Crippen LogP contribution in [-0.4, -0.2) is 19.0 Å². The van der Waals surface area contributed by atoms with E-state index in [0.29, 0.717) is 0 Å². The molecule has 0 spiro atoms. The highest BCUT2D eigenvalue weighted by Gasteiger charge is 2.28. The zero-order chi connectivity index (χ0) is 11.5. The lowest BCUT2D eigenvalue weighted by Crippen LogP contribution is -2.24. The Morgan fingerprint density at radius 3 is 2.19 bits per heavy atom. The van der Waals surface area contributed by atoms with Crippen molar-refractivity contribution in [3.05, 3.63) is 29.8 Å². The van der Waals surface area contributed by atoms with Crippen molar-refractivity contribution in [2.45, 2.75) is 18.8 Å². The quantitative estimate of drug-likeness (QED) is 0.561. The summed E-state index contributed by atoms with van der Waals surface area (Å²) in [6.45, 7) is 0. The molecule has 2 rings (SSSR count). The first-order valence-corrected chi connectivity index (χ1v) is 5.06. The van der Waals surface area contributed by atoms with Crippen LogP contribution in [0.3, 0.4) is 0 Å². The van der Waals surface area contributed by atoms with Gasteiger partial charge in [-0.05, 0) is 17.7 Å². The number of methoxy groups -OCH3 is 1. The van der Waals surface area contributed by atoms with Crippen molar-refractivity contribution in [3.8, 4) is 5.75 Å². The summed E-state index contributed by atoms with van der Waals surface area (Å²) in [7, 11) is 1.59. The molecular formula is C12H12O4. The maximum Gasteiger partial charge on any atom is 0.314 e. The van der Waals surface area contributed by atoms with E-state index in [9.17, 15) is 9.59 Å². The van der Waals surface area contributed by atoms with E-state index < -0.39 is 11.9 Å². The topological polar surface area (TPSA) is 52.6 Å². The minimum absolute atomic E-state index is 0.0698. The second-order valence-electron chi connectivity index (χ2n) is 3.72. The van der Waals surface area contributed by atoms with Gasteiger partial charge in [0.2, 0.25) is 0 Å². The lowest BCUT2D eigenvalue weighted by molar-refractivity contribution is -0.163. The number of carbonyl (C=O) groups is 2. The maximum atomic E-state index is 11.1. The minimum Gasteiger partial charge on any atom is -0.497 e. The Bertz CT molecular complexity index is 392. The van der Waals surface area contributed by atoms with Crippen LogP contribution in [0.2, 0.25) is 0 Å². The molecule has 84 valence electrons. The number of hydrogen-bond donors (Lipinski definition) is 0. The monoisotopic (exact) mass is 220 g/mol. The van der Waals surface area contributed by atoms with E-state index >= 15 is 0 Å². The van der Waals surface area contributed by atoms with Gasteiger partial charge in [-0.3, -0.25) is 9.59 Å². The van der Waals surface area contributed by atoms with Crippen LogP contribution < -0.4 is 4.74 Å². The van der Waals surface area contributed by atoms with Gasteiger partial charge in [0.1, 0.15) is 5.75 Å². The molecule has 1 aromatic carbocycles. The van der Waals surface area contributed by atoms with Gasteiger partial charge in [-0.15, -0.1) is 0 Å². The third-order valence-corrected chi connectivity index (χ3v) is 2.64. The third-order valence-electron chi connectivity index (χ3n) is 2.64. The highest BCUT2D eigenvalue weighted by Crippen LogP contribution is 2.29. The molecule has 4 heteroatoms. The minimum atomic E-state index is -0.447. The summed E-state index contributed by atoms with van der Waals surface area (Å²) >= 11 is 0. The zero-order valence-electron chi connectivity index (χ0n) is 8.93. The Balaban J connectivity index is 2.16. The van der Waals surface area contributed by atoms with Crippen molar-refractivity contribution in [3.63, 3.8) is 0 Å². The van der Waals surface area contributed by atoms with Crippen LogP contribution in [-0.2, 0) is 14.3 Å². The molecule has 16 heavy (non-hydrogen) atoms. The summed E-state index contributed by atoms with van der Waals surface area (Å²) in [5, 5.41) is 0. The predicted octanol–water partition coefficient (Wildman–Crippen LogP) is 1.64. The number of benzene rings is 1. The van der Waals surface area contributed by atoms with E-state index in [1.54, 1.807) is 7.11 Å². The van der Waals surface area contributed by atoms with E-state index in [0.717, 1.165) is 11.3 Å². The highest BCUT2D eigenvalue weighted by atomic mass is 16.6. The van der Waals surface area contributed by atoms with Crippen LogP contribution in [0.25, 0.3) is 0 Å². The Kier molecular flexibility index (Phi) is 2.90. The second kappa shape index (κ2) is 4.35. The molecule has 0 aliphatic carbocycles. The molecule has 1 aliphatic heterocycles. The number of hydrogen-bond acceptors (Lipinski definition) is 4. The van der Waals surface area contributed by atoms with Gasteiger partial charge < -0.3 is 9.47 Å². The van der Waals surface area contributed by atoms with Crippen LogP contribution in [0.15, 0.2) is 24.3 Å². The lowest BCUT2D eigenvalue weighted by Gasteiger charge is -2.20. The molecule has 0 atom stereocenters. The molecule has 1 saturated heterocycles. The molecule has 0 bridgehead atoms. The van der Waals surface area contributed by atoms with Crippen molar-refractivity contribution in [1.29, 1.82) is 0 Å². The van der Waals surface area contributed by atoms with Crippen LogP contribution in [0.5, 0.6) is 5.75 Å². The molecule has 4 nitrogen and oxygen atoms in total. The van der Waals surface area contributed by atoms with E-state index in [2.05, 4.69) is 4.74 Å². The second-order valence-corrected chi connectivity index (χ2v) is 3.72. The van der Waals surface area contributed by atoms with Crippen molar-refractivity contribution in [2.75, 3.05) is 7.11 Å². The molecule has 0 aromatic heterocycles. The molecule has 0 unspecified atom stereocenters. The normalized spacial score (nSPS) is 17.1. The van der Waals surface area contributed by atoms with Crippen molar-refractivity contribution in [2.24, 2.45) is 0 Å². The molecule has 1 aromatic rings. The average Bonchev–Trinajstić information content (AvgIpc) is 2.28. The summed E-state index contributed by atoms with van der Waals surface area (Å²) in [4.78, 5) is 22.2. The number of ether oxygens (including phenoxy) is 2. The summed E-state index contributed by atoms with van der Waals surface area (Å²) in [5.74, 6) is -0.206. The number of carbonyl (C=O) groups excluding carboxylic acids is 2. The average molecular weight is 220 g/mol. The lowest BCUT2D eigenvalue weighted by atomic mass is 9.91. The van der Waals surface area contributed by atoms with Gasteiger partial charge in [0.15, 0.2) is 0 Å². The number of cyclic esters (lactones) is 2. The Labute approximate surface area is 93.2 Å². The molecule has 0 saturated carbocycles. The van der Waals surface area contributed by atoms with Crippen molar-refractivity contribution < 1.29 is 19.1 Å². The first-order chi connectivity index (χ1) is 7.69. The van der Waals surface area contributed by atoms with Gasteiger partial charge in [0, 0.05) is 5.92 Å². The van der Waals surface area contributed by atoms with Gasteiger partial charge in [-0.25, -0.2) is 0 Å². The standard InChI is InChI=1S/C12H12O4/c1-15-10-4-2-8(3-5-10)9-6-11(13)16-12(14)7-9/h2-5,9H,6-7H2,1H3. The van der Waals surface area contributed by atoms with Gasteiger partial charge in [0.25, 0.3) is 0 Å². The summed E-state index contributed by atoms with van der Waals surface area (Å²) in [5.41, 5.74) is 0.964. The fraction of sp³-hybridized carbons (Fsp3) is 0.333. The molecule has 1 fully saturated rings. The summed E-state index contributed by atoms with van der Waals surface area (Å²) in [6.07, 6.45) is 0.524. The predicted molar refractivity (Wildman–Crippen MR) is 56.1 cm³/mol. The van der Waals surface area contributed by atoms with Crippen LogP contribution in [0.1, 0.15) is 24.3 Å². The van der Waals surface area contributed by atoms with Crippen LogP contribution in [0, 0.1) is 0 Å². The van der Waals surface area contributed by atoms with E-state index in [4.69, 9.17) is 4.74 Å². The van der Waals surface area contributed by atoms with E-state index in [-0.39, 0.29) is 18.8 Å². The number of rotatable bonds is 2. The first-order valence-electron chi connectivity index (χ1n) is 5.06. The first kappa shape index (κ1) is 10.7. The Morgan fingerprint density at radius 1 is 1.12 bits per heavy atom. The van der Waals surface area contributed by atoms with Gasteiger partial charge in [-0.2, -0.15) is 0 Å². The molecule has 0 radical (unpaired) electrons. The number of esters is 2. The molecule has 0 N–H and O–H groups in total. The van der Waals surface area contributed by atoms with Gasteiger partial charge >= 0.3 is 11.9 Å². The zero-order valence-corrected chi connectivity index (χ0v) is 8.93. The van der Waals surface area contributed by atoms with Crippen molar-refractivity contribution >= 4 is 11.9 Å². The third kappa shape index (κ3) is 2.21. The Hall–Kier alpha value is -1.84. The van der Waals surface area contributed by atoms with Gasteiger partial charge in [-0.1, -0.05) is 12.1 Å². The molecular weight excluding hydrogens is 208 g/mol. The maximum absolute atomic E-state index is 11.1. The van der Waals surface area contributed by atoms with Crippen LogP contribution >= 0.6 is 0 Å². The van der Waals surface area contributed by atoms with Crippen LogP contribution in [0.4, 0.5) is 0 Å². The van der Waals surface area contributed by atoms with E-state index in [1.165, 1.54) is 0 Å². The summed E-state index contributed by atoms with van der Waals surface area (Å²) < 4.78 is 9.52. The van der Waals surface area contributed by atoms with Gasteiger partial charge in [0.05, 0.1) is 20.0 Å². The molecule has 1 heterocycles. The fourth-order valence-electron chi connectivity index (χ4n) is 1.80.